The van der Waals surface area contributed by atoms with E-state index in [0.717, 1.165) is 34.9 Å². The Kier molecular flexibility index (Phi) is 5.38. The minimum Gasteiger partial charge on any atom is -0.361 e. The Morgan fingerprint density at radius 2 is 1.74 bits per heavy atom. The molecule has 3 aromatic rings. The molecule has 0 saturated heterocycles. The van der Waals surface area contributed by atoms with Crippen molar-refractivity contribution in [2.45, 2.75) is 44.1 Å². The zero-order valence-electron chi connectivity index (χ0n) is 15.5. The number of carbonyl (C=O) groups is 1. The molecule has 3 nitrogen and oxygen atoms in total. The van der Waals surface area contributed by atoms with E-state index in [0.29, 0.717) is 6.04 Å². The normalized spacial score (nSPS) is 16.6. The van der Waals surface area contributed by atoms with Gasteiger partial charge < -0.3 is 10.3 Å². The van der Waals surface area contributed by atoms with Crippen LogP contribution >= 0.6 is 0 Å². The average molecular weight is 358 g/mol. The van der Waals surface area contributed by atoms with E-state index in [1.54, 1.807) is 0 Å². The smallest absolute Gasteiger partial charge is 0.231 e. The van der Waals surface area contributed by atoms with E-state index in [1.807, 2.05) is 48.7 Å². The molecule has 1 amide bonds. The lowest BCUT2D eigenvalue weighted by molar-refractivity contribution is -0.122. The highest BCUT2D eigenvalue weighted by Gasteiger charge is 2.24. The Balaban J connectivity index is 1.64. The third kappa shape index (κ3) is 4.13. The quantitative estimate of drug-likeness (QED) is 0.629. The van der Waals surface area contributed by atoms with Crippen LogP contribution in [0.3, 0.4) is 0 Å². The summed E-state index contributed by atoms with van der Waals surface area (Å²) in [4.78, 5) is 16.5. The molecule has 1 saturated carbocycles. The maximum absolute atomic E-state index is 13.2. The molecule has 1 aliphatic rings. The van der Waals surface area contributed by atoms with Crippen LogP contribution in [0.25, 0.3) is 17.0 Å². The van der Waals surface area contributed by atoms with Crippen LogP contribution in [0, 0.1) is 0 Å². The van der Waals surface area contributed by atoms with E-state index in [-0.39, 0.29) is 11.8 Å². The van der Waals surface area contributed by atoms with E-state index < -0.39 is 0 Å². The second-order valence-electron chi connectivity index (χ2n) is 7.38. The summed E-state index contributed by atoms with van der Waals surface area (Å²) < 4.78 is 0. The van der Waals surface area contributed by atoms with Crippen LogP contribution in [0.15, 0.2) is 66.9 Å². The standard InChI is InChI=1S/C24H26N2O/c27-24(26-19-11-5-2-6-12-19)21(16-15-18-9-3-1-4-10-18)22-17-25-23-14-8-7-13-20(22)23/h1,3-4,7-10,13-17,19,21,25H,2,5-6,11-12H2,(H,26,27)/b16-15+. The van der Waals surface area contributed by atoms with Gasteiger partial charge in [-0.25, -0.2) is 0 Å². The summed E-state index contributed by atoms with van der Waals surface area (Å²) in [5.41, 5.74) is 3.20. The first kappa shape index (κ1) is 17.6. The largest absolute Gasteiger partial charge is 0.361 e. The van der Waals surface area contributed by atoms with Crippen molar-refractivity contribution < 1.29 is 4.79 Å². The van der Waals surface area contributed by atoms with Gasteiger partial charge in [-0.1, -0.05) is 79.9 Å². The summed E-state index contributed by atoms with van der Waals surface area (Å²) in [6.07, 6.45) is 11.9. The molecule has 1 aromatic heterocycles. The van der Waals surface area contributed by atoms with Gasteiger partial charge in [0.15, 0.2) is 0 Å². The Morgan fingerprint density at radius 3 is 2.56 bits per heavy atom. The maximum atomic E-state index is 13.2. The van der Waals surface area contributed by atoms with Crippen molar-refractivity contribution in [2.75, 3.05) is 0 Å². The number of amides is 1. The highest BCUT2D eigenvalue weighted by atomic mass is 16.1. The Morgan fingerprint density at radius 1 is 1.00 bits per heavy atom. The van der Waals surface area contributed by atoms with Crippen molar-refractivity contribution in [3.05, 3.63) is 78.0 Å². The summed E-state index contributed by atoms with van der Waals surface area (Å²) in [5.74, 6) is -0.206. The predicted molar refractivity (Wildman–Crippen MR) is 112 cm³/mol. The minimum atomic E-state index is -0.303. The average Bonchev–Trinajstić information content (AvgIpc) is 3.14. The fourth-order valence-corrected chi connectivity index (χ4v) is 3.99. The van der Waals surface area contributed by atoms with Crippen molar-refractivity contribution in [3.63, 3.8) is 0 Å². The number of aromatic amines is 1. The molecule has 3 heteroatoms. The fraction of sp³-hybridized carbons (Fsp3) is 0.292. The number of fused-ring (bicyclic) bond motifs is 1. The lowest BCUT2D eigenvalue weighted by Gasteiger charge is -2.24. The van der Waals surface area contributed by atoms with E-state index in [2.05, 4.69) is 34.6 Å². The number of H-pyrrole nitrogens is 1. The van der Waals surface area contributed by atoms with Crippen molar-refractivity contribution in [2.24, 2.45) is 0 Å². The van der Waals surface area contributed by atoms with E-state index >= 15 is 0 Å². The number of hydrogen-bond acceptors (Lipinski definition) is 1. The minimum absolute atomic E-state index is 0.0961. The predicted octanol–water partition coefficient (Wildman–Crippen LogP) is 5.41. The molecule has 2 N–H and O–H groups in total. The molecule has 1 unspecified atom stereocenters. The molecule has 0 spiro atoms. The highest BCUT2D eigenvalue weighted by molar-refractivity contribution is 5.94. The first-order valence-corrected chi connectivity index (χ1v) is 9.91. The third-order valence-corrected chi connectivity index (χ3v) is 5.47. The van der Waals surface area contributed by atoms with Gasteiger partial charge in [0, 0.05) is 23.1 Å². The van der Waals surface area contributed by atoms with E-state index in [1.165, 1.54) is 19.3 Å². The summed E-state index contributed by atoms with van der Waals surface area (Å²) in [5, 5.41) is 4.41. The van der Waals surface area contributed by atoms with Gasteiger partial charge in [-0.15, -0.1) is 0 Å². The van der Waals surface area contributed by atoms with Gasteiger partial charge in [0.05, 0.1) is 5.92 Å². The first-order chi connectivity index (χ1) is 13.3. The molecular formula is C24H26N2O. The van der Waals surface area contributed by atoms with Crippen LogP contribution in [0.5, 0.6) is 0 Å². The molecule has 2 aromatic carbocycles. The number of aromatic nitrogens is 1. The summed E-state index contributed by atoms with van der Waals surface area (Å²) >= 11 is 0. The molecule has 27 heavy (non-hydrogen) atoms. The number of benzene rings is 2. The second kappa shape index (κ2) is 8.26. The maximum Gasteiger partial charge on any atom is 0.231 e. The van der Waals surface area contributed by atoms with Gasteiger partial charge in [-0.3, -0.25) is 4.79 Å². The molecule has 1 fully saturated rings. The van der Waals surface area contributed by atoms with Gasteiger partial charge in [0.25, 0.3) is 0 Å². The van der Waals surface area contributed by atoms with Gasteiger partial charge in [-0.05, 0) is 30.0 Å². The Bertz CT molecular complexity index is 920. The number of para-hydroxylation sites is 1. The SMILES string of the molecule is O=C(NC1CCCCC1)C(/C=C/c1ccccc1)c1c[nH]c2ccccc12. The zero-order valence-corrected chi connectivity index (χ0v) is 15.5. The van der Waals surface area contributed by atoms with Crippen molar-refractivity contribution in [1.82, 2.24) is 10.3 Å². The molecule has 0 aliphatic heterocycles. The van der Waals surface area contributed by atoms with Crippen molar-refractivity contribution >= 4 is 22.9 Å². The topological polar surface area (TPSA) is 44.9 Å². The zero-order chi connectivity index (χ0) is 18.5. The molecule has 1 heterocycles. The molecule has 4 rings (SSSR count). The van der Waals surface area contributed by atoms with Crippen LogP contribution in [0.2, 0.25) is 0 Å². The lowest BCUT2D eigenvalue weighted by Crippen LogP contribution is -2.38. The second-order valence-corrected chi connectivity index (χ2v) is 7.38. The van der Waals surface area contributed by atoms with Gasteiger partial charge in [0.2, 0.25) is 5.91 Å². The lowest BCUT2D eigenvalue weighted by atomic mass is 9.92. The molecule has 0 bridgehead atoms. The van der Waals surface area contributed by atoms with Crippen molar-refractivity contribution in [3.8, 4) is 0 Å². The van der Waals surface area contributed by atoms with Gasteiger partial charge in [-0.2, -0.15) is 0 Å². The first-order valence-electron chi connectivity index (χ1n) is 9.91. The monoisotopic (exact) mass is 358 g/mol. The van der Waals surface area contributed by atoms with Gasteiger partial charge >= 0.3 is 0 Å². The molecule has 1 atom stereocenters. The molecular weight excluding hydrogens is 332 g/mol. The van der Waals surface area contributed by atoms with E-state index in [9.17, 15) is 4.79 Å². The summed E-state index contributed by atoms with van der Waals surface area (Å²) in [7, 11) is 0. The van der Waals surface area contributed by atoms with Crippen LogP contribution in [0.1, 0.15) is 49.1 Å². The number of nitrogens with one attached hydrogen (secondary N) is 2. The fourth-order valence-electron chi connectivity index (χ4n) is 3.99. The summed E-state index contributed by atoms with van der Waals surface area (Å²) in [6.45, 7) is 0. The van der Waals surface area contributed by atoms with Crippen LogP contribution in [-0.4, -0.2) is 16.9 Å². The summed E-state index contributed by atoms with van der Waals surface area (Å²) in [6, 6.07) is 18.6. The molecule has 1 aliphatic carbocycles. The van der Waals surface area contributed by atoms with Crippen LogP contribution in [0.4, 0.5) is 0 Å². The molecule has 0 radical (unpaired) electrons. The van der Waals surface area contributed by atoms with Crippen LogP contribution in [-0.2, 0) is 4.79 Å². The van der Waals surface area contributed by atoms with Gasteiger partial charge in [0.1, 0.15) is 0 Å². The number of carbonyl (C=O) groups excluding carboxylic acids is 1. The van der Waals surface area contributed by atoms with E-state index in [4.69, 9.17) is 0 Å². The van der Waals surface area contributed by atoms with Crippen LogP contribution < -0.4 is 5.32 Å². The van der Waals surface area contributed by atoms with Crippen molar-refractivity contribution in [1.29, 1.82) is 0 Å². The number of hydrogen-bond donors (Lipinski definition) is 2. The Labute approximate surface area is 160 Å². The highest BCUT2D eigenvalue weighted by Crippen LogP contribution is 2.28. The molecule has 138 valence electrons. The number of rotatable bonds is 5. The third-order valence-electron chi connectivity index (χ3n) is 5.47. The Hall–Kier alpha value is -2.81.